The largest absolute Gasteiger partial charge is 0.478 e. The van der Waals surface area contributed by atoms with E-state index in [1.807, 2.05) is 13.8 Å². The Labute approximate surface area is 108 Å². The van der Waals surface area contributed by atoms with E-state index in [9.17, 15) is 0 Å². The molecule has 0 aliphatic heterocycles. The lowest BCUT2D eigenvalue weighted by atomic mass is 9.83. The molecule has 1 aromatic heterocycles. The number of hydrogen-bond acceptors (Lipinski definition) is 3. The smallest absolute Gasteiger partial charge is 0.218 e. The number of halogens is 1. The maximum Gasteiger partial charge on any atom is 0.218 e. The Kier molecular flexibility index (Phi) is 4.21. The fourth-order valence-corrected chi connectivity index (χ4v) is 2.04. The van der Waals surface area contributed by atoms with Crippen molar-refractivity contribution in [1.82, 2.24) is 9.97 Å². The van der Waals surface area contributed by atoms with Crippen LogP contribution in [-0.4, -0.2) is 16.6 Å². The Bertz CT molecular complexity index is 378. The van der Waals surface area contributed by atoms with E-state index >= 15 is 0 Å². The SMILES string of the molecule is CC(C)c1nc(Cl)cc(OCCC2CCC2)n1. The zero-order valence-electron chi connectivity index (χ0n) is 10.4. The second kappa shape index (κ2) is 5.67. The van der Waals surface area contributed by atoms with Crippen LogP contribution in [0.15, 0.2) is 6.07 Å². The van der Waals surface area contributed by atoms with Gasteiger partial charge in [0.1, 0.15) is 11.0 Å². The highest BCUT2D eigenvalue weighted by atomic mass is 35.5. The van der Waals surface area contributed by atoms with Gasteiger partial charge in [0, 0.05) is 12.0 Å². The summed E-state index contributed by atoms with van der Waals surface area (Å²) >= 11 is 5.94. The van der Waals surface area contributed by atoms with Crippen molar-refractivity contribution >= 4 is 11.6 Å². The van der Waals surface area contributed by atoms with Gasteiger partial charge < -0.3 is 4.74 Å². The Morgan fingerprint density at radius 3 is 2.76 bits per heavy atom. The van der Waals surface area contributed by atoms with E-state index in [1.165, 1.54) is 19.3 Å². The highest BCUT2D eigenvalue weighted by molar-refractivity contribution is 6.29. The van der Waals surface area contributed by atoms with Crippen LogP contribution in [0, 0.1) is 5.92 Å². The predicted molar refractivity (Wildman–Crippen MR) is 68.6 cm³/mol. The van der Waals surface area contributed by atoms with Crippen LogP contribution in [0.2, 0.25) is 5.15 Å². The van der Waals surface area contributed by atoms with Gasteiger partial charge in [-0.3, -0.25) is 0 Å². The molecule has 2 rings (SSSR count). The van der Waals surface area contributed by atoms with Gasteiger partial charge in [0.05, 0.1) is 6.61 Å². The summed E-state index contributed by atoms with van der Waals surface area (Å²) in [6, 6.07) is 1.69. The molecule has 0 spiro atoms. The third-order valence-electron chi connectivity index (χ3n) is 3.21. The summed E-state index contributed by atoms with van der Waals surface area (Å²) in [6.45, 7) is 4.82. The molecule has 1 aliphatic rings. The molecule has 0 N–H and O–H groups in total. The number of hydrogen-bond donors (Lipinski definition) is 0. The van der Waals surface area contributed by atoms with Crippen molar-refractivity contribution in [3.05, 3.63) is 17.0 Å². The molecule has 17 heavy (non-hydrogen) atoms. The fourth-order valence-electron chi connectivity index (χ4n) is 1.86. The minimum absolute atomic E-state index is 0.266. The lowest BCUT2D eigenvalue weighted by Gasteiger charge is -2.24. The molecule has 1 heterocycles. The first-order chi connectivity index (χ1) is 8.15. The van der Waals surface area contributed by atoms with Gasteiger partial charge in [0.25, 0.3) is 0 Å². The molecule has 0 saturated heterocycles. The van der Waals surface area contributed by atoms with E-state index in [1.54, 1.807) is 6.07 Å². The molecule has 4 heteroatoms. The van der Waals surface area contributed by atoms with Crippen LogP contribution in [-0.2, 0) is 0 Å². The maximum absolute atomic E-state index is 5.94. The number of rotatable bonds is 5. The molecule has 0 aromatic carbocycles. The van der Waals surface area contributed by atoms with E-state index in [4.69, 9.17) is 16.3 Å². The van der Waals surface area contributed by atoms with Crippen molar-refractivity contribution in [3.63, 3.8) is 0 Å². The summed E-state index contributed by atoms with van der Waals surface area (Å²) in [4.78, 5) is 8.53. The van der Waals surface area contributed by atoms with Gasteiger partial charge in [-0.2, -0.15) is 4.98 Å². The summed E-state index contributed by atoms with van der Waals surface area (Å²) in [7, 11) is 0. The molecule has 94 valence electrons. The minimum Gasteiger partial charge on any atom is -0.478 e. The molecule has 1 fully saturated rings. The monoisotopic (exact) mass is 254 g/mol. The van der Waals surface area contributed by atoms with Crippen LogP contribution >= 0.6 is 11.6 Å². The van der Waals surface area contributed by atoms with Gasteiger partial charge in [0.2, 0.25) is 5.88 Å². The third-order valence-corrected chi connectivity index (χ3v) is 3.40. The topological polar surface area (TPSA) is 35.0 Å². The lowest BCUT2D eigenvalue weighted by molar-refractivity contribution is 0.216. The summed E-state index contributed by atoms with van der Waals surface area (Å²) in [6.07, 6.45) is 5.20. The molecule has 1 aliphatic carbocycles. The van der Waals surface area contributed by atoms with Crippen LogP contribution in [0.25, 0.3) is 0 Å². The van der Waals surface area contributed by atoms with E-state index in [2.05, 4.69) is 9.97 Å². The van der Waals surface area contributed by atoms with Crippen molar-refractivity contribution in [3.8, 4) is 5.88 Å². The number of nitrogens with zero attached hydrogens (tertiary/aromatic N) is 2. The average Bonchev–Trinajstić information content (AvgIpc) is 2.21. The van der Waals surface area contributed by atoms with Gasteiger partial charge >= 0.3 is 0 Å². The highest BCUT2D eigenvalue weighted by Gasteiger charge is 2.17. The van der Waals surface area contributed by atoms with Crippen molar-refractivity contribution in [2.75, 3.05) is 6.61 Å². The van der Waals surface area contributed by atoms with Gasteiger partial charge in [0.15, 0.2) is 0 Å². The standard InChI is InChI=1S/C13H19ClN2O/c1-9(2)13-15-11(14)8-12(16-13)17-7-6-10-4-3-5-10/h8-10H,3-7H2,1-2H3. The van der Waals surface area contributed by atoms with Crippen molar-refractivity contribution in [1.29, 1.82) is 0 Å². The van der Waals surface area contributed by atoms with E-state index in [0.717, 1.165) is 24.8 Å². The summed E-state index contributed by atoms with van der Waals surface area (Å²) < 4.78 is 5.65. The first-order valence-electron chi connectivity index (χ1n) is 6.32. The van der Waals surface area contributed by atoms with Gasteiger partial charge in [-0.25, -0.2) is 4.98 Å². The average molecular weight is 255 g/mol. The third kappa shape index (κ3) is 3.56. The zero-order valence-corrected chi connectivity index (χ0v) is 11.2. The first-order valence-corrected chi connectivity index (χ1v) is 6.70. The normalized spacial score (nSPS) is 16.0. The zero-order chi connectivity index (χ0) is 12.3. The molecule has 0 bridgehead atoms. The quantitative estimate of drug-likeness (QED) is 0.750. The molecular weight excluding hydrogens is 236 g/mol. The van der Waals surface area contributed by atoms with Crippen LogP contribution in [0.5, 0.6) is 5.88 Å². The Morgan fingerprint density at radius 2 is 2.18 bits per heavy atom. The Balaban J connectivity index is 1.90. The first kappa shape index (κ1) is 12.6. The van der Waals surface area contributed by atoms with Gasteiger partial charge in [-0.05, 0) is 12.3 Å². The highest BCUT2D eigenvalue weighted by Crippen LogP contribution is 2.29. The number of aromatic nitrogens is 2. The summed E-state index contributed by atoms with van der Waals surface area (Å²) in [5, 5.41) is 0.461. The van der Waals surface area contributed by atoms with Crippen LogP contribution in [0.4, 0.5) is 0 Å². The van der Waals surface area contributed by atoms with Crippen molar-refractivity contribution in [2.24, 2.45) is 5.92 Å². The maximum atomic E-state index is 5.94. The van der Waals surface area contributed by atoms with E-state index in [-0.39, 0.29) is 5.92 Å². The van der Waals surface area contributed by atoms with Crippen LogP contribution in [0.1, 0.15) is 51.3 Å². The van der Waals surface area contributed by atoms with E-state index in [0.29, 0.717) is 11.0 Å². The Hall–Kier alpha value is -0.830. The molecule has 0 amide bonds. The molecule has 0 atom stereocenters. The van der Waals surface area contributed by atoms with Gasteiger partial charge in [-0.1, -0.05) is 44.7 Å². The van der Waals surface area contributed by atoms with E-state index < -0.39 is 0 Å². The van der Waals surface area contributed by atoms with Gasteiger partial charge in [-0.15, -0.1) is 0 Å². The second-order valence-electron chi connectivity index (χ2n) is 4.98. The molecule has 3 nitrogen and oxygen atoms in total. The molecule has 0 radical (unpaired) electrons. The minimum atomic E-state index is 0.266. The predicted octanol–water partition coefficient (Wildman–Crippen LogP) is 3.82. The Morgan fingerprint density at radius 1 is 1.41 bits per heavy atom. The lowest BCUT2D eigenvalue weighted by Crippen LogP contribution is -2.15. The van der Waals surface area contributed by atoms with Crippen LogP contribution in [0.3, 0.4) is 0 Å². The summed E-state index contributed by atoms with van der Waals surface area (Å²) in [5.41, 5.74) is 0. The fraction of sp³-hybridized carbons (Fsp3) is 0.692. The molecule has 1 aromatic rings. The second-order valence-corrected chi connectivity index (χ2v) is 5.36. The van der Waals surface area contributed by atoms with Crippen molar-refractivity contribution in [2.45, 2.75) is 45.4 Å². The summed E-state index contributed by atoms with van der Waals surface area (Å²) in [5.74, 6) is 2.48. The molecule has 0 unspecified atom stereocenters. The van der Waals surface area contributed by atoms with Crippen LogP contribution < -0.4 is 4.74 Å². The van der Waals surface area contributed by atoms with Crippen molar-refractivity contribution < 1.29 is 4.74 Å². The number of ether oxygens (including phenoxy) is 1. The molecular formula is C13H19ClN2O. The molecule has 1 saturated carbocycles.